The van der Waals surface area contributed by atoms with Crippen LogP contribution in [0.5, 0.6) is 5.75 Å². The van der Waals surface area contributed by atoms with Gasteiger partial charge in [-0.05, 0) is 59.7 Å². The number of nitrogens with one attached hydrogen (secondary N) is 2. The van der Waals surface area contributed by atoms with Gasteiger partial charge >= 0.3 is 0 Å². The number of amides is 2. The maximum absolute atomic E-state index is 12.9. The molecule has 3 aromatic rings. The number of hydrogen-bond donors (Lipinski definition) is 2. The Bertz CT molecular complexity index is 1000. The summed E-state index contributed by atoms with van der Waals surface area (Å²) in [5, 5.41) is 6.64. The standard InChI is InChI=1S/C23H20FN3O3/c24-19-10-6-17(7-11-19)14-22(28)27-25-15-18-8-12-21(13-9-18)30-16-23(29)26-20-4-2-1-3-5-20/h1-13,15H,14,16H2,(H,26,29)(H,27,28)/b25-15+. The highest BCUT2D eigenvalue weighted by Gasteiger charge is 2.04. The van der Waals surface area contributed by atoms with E-state index in [9.17, 15) is 14.0 Å². The summed E-state index contributed by atoms with van der Waals surface area (Å²) >= 11 is 0. The van der Waals surface area contributed by atoms with Crippen LogP contribution in [0, 0.1) is 5.82 Å². The van der Waals surface area contributed by atoms with Gasteiger partial charge in [-0.15, -0.1) is 0 Å². The van der Waals surface area contributed by atoms with Crippen LogP contribution in [0.1, 0.15) is 11.1 Å². The Morgan fingerprint density at radius 2 is 1.60 bits per heavy atom. The van der Waals surface area contributed by atoms with E-state index in [1.807, 2.05) is 18.2 Å². The Labute approximate surface area is 173 Å². The predicted octanol–water partition coefficient (Wildman–Crippen LogP) is 3.54. The molecule has 3 rings (SSSR count). The fourth-order valence-electron chi connectivity index (χ4n) is 2.52. The van der Waals surface area contributed by atoms with Gasteiger partial charge in [0.1, 0.15) is 11.6 Å². The first-order valence-corrected chi connectivity index (χ1v) is 9.22. The third-order valence-electron chi connectivity index (χ3n) is 3.99. The molecule has 2 N–H and O–H groups in total. The molecule has 0 heterocycles. The number of benzene rings is 3. The third-order valence-corrected chi connectivity index (χ3v) is 3.99. The summed E-state index contributed by atoms with van der Waals surface area (Å²) in [7, 11) is 0. The third kappa shape index (κ3) is 6.87. The van der Waals surface area contributed by atoms with Gasteiger partial charge in [-0.2, -0.15) is 5.10 Å². The molecule has 0 aliphatic carbocycles. The number of para-hydroxylation sites is 1. The summed E-state index contributed by atoms with van der Waals surface area (Å²) < 4.78 is 18.3. The molecule has 6 nitrogen and oxygen atoms in total. The zero-order chi connectivity index (χ0) is 21.2. The molecule has 0 saturated heterocycles. The number of carbonyl (C=O) groups is 2. The molecule has 0 aliphatic rings. The second-order valence-corrected chi connectivity index (χ2v) is 6.37. The Kier molecular flexibility index (Phi) is 7.27. The van der Waals surface area contributed by atoms with Crippen LogP contribution in [0.15, 0.2) is 84.0 Å². The van der Waals surface area contributed by atoms with Crippen LogP contribution in [0.3, 0.4) is 0 Å². The van der Waals surface area contributed by atoms with Crippen molar-refractivity contribution in [2.75, 3.05) is 11.9 Å². The van der Waals surface area contributed by atoms with Gasteiger partial charge in [-0.3, -0.25) is 9.59 Å². The molecule has 2 amide bonds. The number of halogens is 1. The SMILES string of the molecule is O=C(Cc1ccc(F)cc1)N/N=C/c1ccc(OCC(=O)Nc2ccccc2)cc1. The molecule has 0 radical (unpaired) electrons. The summed E-state index contributed by atoms with van der Waals surface area (Å²) in [4.78, 5) is 23.7. The van der Waals surface area contributed by atoms with Crippen LogP contribution in [-0.4, -0.2) is 24.6 Å². The molecule has 3 aromatic carbocycles. The van der Waals surface area contributed by atoms with Gasteiger partial charge in [0, 0.05) is 5.69 Å². The van der Waals surface area contributed by atoms with Gasteiger partial charge in [0.25, 0.3) is 5.91 Å². The molecule has 0 aliphatic heterocycles. The van der Waals surface area contributed by atoms with E-state index in [4.69, 9.17) is 4.74 Å². The van der Waals surface area contributed by atoms with E-state index < -0.39 is 0 Å². The monoisotopic (exact) mass is 405 g/mol. The molecule has 7 heteroatoms. The van der Waals surface area contributed by atoms with E-state index in [-0.39, 0.29) is 30.7 Å². The van der Waals surface area contributed by atoms with Crippen molar-refractivity contribution in [2.24, 2.45) is 5.10 Å². The van der Waals surface area contributed by atoms with Crippen molar-refractivity contribution in [1.82, 2.24) is 5.43 Å². The molecule has 152 valence electrons. The summed E-state index contributed by atoms with van der Waals surface area (Å²) in [6, 6.07) is 21.8. The van der Waals surface area contributed by atoms with Crippen molar-refractivity contribution in [3.05, 3.63) is 95.8 Å². The lowest BCUT2D eigenvalue weighted by Gasteiger charge is -2.07. The molecular formula is C23H20FN3O3. The fraction of sp³-hybridized carbons (Fsp3) is 0.0870. The molecule has 0 fully saturated rings. The van der Waals surface area contributed by atoms with Crippen LogP contribution in [0.25, 0.3) is 0 Å². The van der Waals surface area contributed by atoms with Crippen molar-refractivity contribution in [2.45, 2.75) is 6.42 Å². The van der Waals surface area contributed by atoms with Gasteiger partial charge in [0.05, 0.1) is 12.6 Å². The molecule has 0 bridgehead atoms. The van der Waals surface area contributed by atoms with Gasteiger partial charge in [-0.25, -0.2) is 9.82 Å². The highest BCUT2D eigenvalue weighted by Crippen LogP contribution is 2.12. The van der Waals surface area contributed by atoms with Crippen molar-refractivity contribution < 1.29 is 18.7 Å². The molecule has 0 spiro atoms. The van der Waals surface area contributed by atoms with E-state index >= 15 is 0 Å². The van der Waals surface area contributed by atoms with E-state index in [0.29, 0.717) is 17.0 Å². The Hall–Kier alpha value is -4.00. The first kappa shape index (κ1) is 20.7. The lowest BCUT2D eigenvalue weighted by molar-refractivity contribution is -0.120. The summed E-state index contributed by atoms with van der Waals surface area (Å²) in [6.45, 7) is -0.109. The number of hydrazone groups is 1. The van der Waals surface area contributed by atoms with Gasteiger partial charge < -0.3 is 10.1 Å². The van der Waals surface area contributed by atoms with E-state index in [0.717, 1.165) is 5.56 Å². The quantitative estimate of drug-likeness (QED) is 0.444. The van der Waals surface area contributed by atoms with Gasteiger partial charge in [0.2, 0.25) is 5.91 Å². The maximum atomic E-state index is 12.9. The Morgan fingerprint density at radius 1 is 0.900 bits per heavy atom. The highest BCUT2D eigenvalue weighted by molar-refractivity contribution is 5.91. The van der Waals surface area contributed by atoms with E-state index in [2.05, 4.69) is 15.8 Å². The number of nitrogens with zero attached hydrogens (tertiary/aromatic N) is 1. The molecule has 30 heavy (non-hydrogen) atoms. The van der Waals surface area contributed by atoms with E-state index in [1.165, 1.54) is 18.3 Å². The van der Waals surface area contributed by atoms with E-state index in [1.54, 1.807) is 48.5 Å². The minimum atomic E-state index is -0.346. The summed E-state index contributed by atoms with van der Waals surface area (Å²) in [5.74, 6) is -0.366. The highest BCUT2D eigenvalue weighted by atomic mass is 19.1. The summed E-state index contributed by atoms with van der Waals surface area (Å²) in [5.41, 5.74) is 4.58. The predicted molar refractivity (Wildman–Crippen MR) is 113 cm³/mol. The fourth-order valence-corrected chi connectivity index (χ4v) is 2.52. The topological polar surface area (TPSA) is 79.8 Å². The lowest BCUT2D eigenvalue weighted by Crippen LogP contribution is -2.20. The number of ether oxygens (including phenoxy) is 1. The molecular weight excluding hydrogens is 385 g/mol. The summed E-state index contributed by atoms with van der Waals surface area (Å²) in [6.07, 6.45) is 1.60. The second-order valence-electron chi connectivity index (χ2n) is 6.37. The Morgan fingerprint density at radius 3 is 2.30 bits per heavy atom. The largest absolute Gasteiger partial charge is 0.484 e. The zero-order valence-corrected chi connectivity index (χ0v) is 16.0. The normalized spacial score (nSPS) is 10.6. The van der Waals surface area contributed by atoms with Crippen molar-refractivity contribution in [3.63, 3.8) is 0 Å². The van der Waals surface area contributed by atoms with Crippen LogP contribution in [0.4, 0.5) is 10.1 Å². The molecule has 0 atom stereocenters. The first-order chi connectivity index (χ1) is 14.6. The average molecular weight is 405 g/mol. The van der Waals surface area contributed by atoms with Crippen molar-refractivity contribution in [1.29, 1.82) is 0 Å². The maximum Gasteiger partial charge on any atom is 0.262 e. The number of hydrogen-bond acceptors (Lipinski definition) is 4. The number of anilines is 1. The molecule has 0 aromatic heterocycles. The average Bonchev–Trinajstić information content (AvgIpc) is 2.75. The second kappa shape index (κ2) is 10.5. The zero-order valence-electron chi connectivity index (χ0n) is 16.0. The van der Waals surface area contributed by atoms with Crippen molar-refractivity contribution >= 4 is 23.7 Å². The van der Waals surface area contributed by atoms with Crippen LogP contribution < -0.4 is 15.5 Å². The molecule has 0 unspecified atom stereocenters. The smallest absolute Gasteiger partial charge is 0.262 e. The Balaban J connectivity index is 1.41. The van der Waals surface area contributed by atoms with Gasteiger partial charge in [0.15, 0.2) is 6.61 Å². The van der Waals surface area contributed by atoms with Crippen molar-refractivity contribution in [3.8, 4) is 5.75 Å². The van der Waals surface area contributed by atoms with Crippen LogP contribution in [-0.2, 0) is 16.0 Å². The number of rotatable bonds is 8. The van der Waals surface area contributed by atoms with Crippen LogP contribution in [0.2, 0.25) is 0 Å². The number of carbonyl (C=O) groups excluding carboxylic acids is 2. The molecule has 0 saturated carbocycles. The first-order valence-electron chi connectivity index (χ1n) is 9.22. The van der Waals surface area contributed by atoms with Crippen LogP contribution >= 0.6 is 0 Å². The van der Waals surface area contributed by atoms with Gasteiger partial charge in [-0.1, -0.05) is 30.3 Å². The minimum Gasteiger partial charge on any atom is -0.484 e. The lowest BCUT2D eigenvalue weighted by atomic mass is 10.1. The minimum absolute atomic E-state index is 0.107.